The largest absolute Gasteiger partial charge is 0.248 e. The van der Waals surface area contributed by atoms with Gasteiger partial charge in [-0.05, 0) is 42.7 Å². The zero-order chi connectivity index (χ0) is 21.6. The first-order valence-electron chi connectivity index (χ1n) is 11.0. The maximum atomic E-state index is 14.7. The molecule has 1 saturated carbocycles. The molecule has 0 saturated heterocycles. The highest BCUT2D eigenvalue weighted by Gasteiger charge is 2.35. The molecule has 0 N–H and O–H groups in total. The number of unbranched alkanes of at least 4 members (excludes halogenated alkanes) is 4. The van der Waals surface area contributed by atoms with Crippen LogP contribution in [0.3, 0.4) is 0 Å². The lowest BCUT2D eigenvalue weighted by atomic mass is 9.82. The summed E-state index contributed by atoms with van der Waals surface area (Å²) in [6.45, 7) is 2.15. The molecule has 1 aliphatic carbocycles. The van der Waals surface area contributed by atoms with Crippen molar-refractivity contribution in [3.63, 3.8) is 0 Å². The standard InChI is InChI=1S/C26H30F4/c1-2-3-4-5-6-7-8-22-13-14-23(25(28)24(22)27)21-11-9-19(10-12-21)20-15-17-26(29,30)18-16-20/h7-14,20H,2-6,15-18H2,1H3. The average Bonchev–Trinajstić information content (AvgIpc) is 2.74. The quantitative estimate of drug-likeness (QED) is 0.296. The van der Waals surface area contributed by atoms with Crippen LogP contribution in [0, 0.1) is 11.6 Å². The van der Waals surface area contributed by atoms with Crippen LogP contribution in [-0.4, -0.2) is 5.92 Å². The summed E-state index contributed by atoms with van der Waals surface area (Å²) in [6, 6.07) is 10.4. The van der Waals surface area contributed by atoms with Gasteiger partial charge in [-0.3, -0.25) is 0 Å². The van der Waals surface area contributed by atoms with E-state index in [1.165, 1.54) is 12.8 Å². The average molecular weight is 419 g/mol. The summed E-state index contributed by atoms with van der Waals surface area (Å²) in [5.41, 5.74) is 2.05. The molecule has 3 rings (SSSR count). The second-order valence-corrected chi connectivity index (χ2v) is 8.33. The second kappa shape index (κ2) is 10.3. The fourth-order valence-corrected chi connectivity index (χ4v) is 4.12. The van der Waals surface area contributed by atoms with Crippen LogP contribution in [0.2, 0.25) is 0 Å². The molecule has 0 spiro atoms. The summed E-state index contributed by atoms with van der Waals surface area (Å²) >= 11 is 0. The molecule has 0 radical (unpaired) electrons. The zero-order valence-corrected chi connectivity index (χ0v) is 17.6. The highest BCUT2D eigenvalue weighted by molar-refractivity contribution is 5.67. The number of allylic oxidation sites excluding steroid dienone is 1. The molecule has 0 unspecified atom stereocenters. The van der Waals surface area contributed by atoms with Crippen molar-refractivity contribution < 1.29 is 17.6 Å². The van der Waals surface area contributed by atoms with Gasteiger partial charge >= 0.3 is 0 Å². The Kier molecular flexibility index (Phi) is 7.74. The third-order valence-electron chi connectivity index (χ3n) is 6.04. The van der Waals surface area contributed by atoms with Crippen LogP contribution in [-0.2, 0) is 0 Å². The van der Waals surface area contributed by atoms with Crippen LogP contribution < -0.4 is 0 Å². The Morgan fingerprint density at radius 1 is 0.900 bits per heavy atom. The van der Waals surface area contributed by atoms with E-state index in [0.717, 1.165) is 24.8 Å². The van der Waals surface area contributed by atoms with E-state index < -0.39 is 17.6 Å². The molecule has 0 nitrogen and oxygen atoms in total. The number of halogens is 4. The number of hydrogen-bond acceptors (Lipinski definition) is 0. The summed E-state index contributed by atoms with van der Waals surface area (Å²) in [5, 5.41) is 0. The predicted molar refractivity (Wildman–Crippen MR) is 116 cm³/mol. The topological polar surface area (TPSA) is 0 Å². The molecule has 0 heterocycles. The monoisotopic (exact) mass is 418 g/mol. The van der Waals surface area contributed by atoms with Gasteiger partial charge in [-0.1, -0.05) is 74.7 Å². The molecule has 2 aromatic carbocycles. The van der Waals surface area contributed by atoms with Gasteiger partial charge in [0.2, 0.25) is 5.92 Å². The van der Waals surface area contributed by atoms with Crippen molar-refractivity contribution in [2.75, 3.05) is 0 Å². The highest BCUT2D eigenvalue weighted by Crippen LogP contribution is 2.41. The van der Waals surface area contributed by atoms with E-state index in [-0.39, 0.29) is 29.9 Å². The van der Waals surface area contributed by atoms with Gasteiger partial charge in [-0.25, -0.2) is 17.6 Å². The van der Waals surface area contributed by atoms with Gasteiger partial charge in [-0.2, -0.15) is 0 Å². The normalized spacial score (nSPS) is 17.0. The summed E-state index contributed by atoms with van der Waals surface area (Å²) in [6.07, 6.45) is 9.69. The molecule has 0 bridgehead atoms. The van der Waals surface area contributed by atoms with E-state index in [0.29, 0.717) is 18.4 Å². The van der Waals surface area contributed by atoms with Gasteiger partial charge in [0.1, 0.15) is 0 Å². The fraction of sp³-hybridized carbons (Fsp3) is 0.462. The van der Waals surface area contributed by atoms with Gasteiger partial charge in [0, 0.05) is 24.0 Å². The first kappa shape index (κ1) is 22.6. The SMILES string of the molecule is CCCCCCC=Cc1ccc(-c2ccc(C3CCC(F)(F)CC3)cc2)c(F)c1F. The Balaban J connectivity index is 1.67. The van der Waals surface area contributed by atoms with E-state index in [4.69, 9.17) is 0 Å². The molecule has 0 atom stereocenters. The molecular weight excluding hydrogens is 388 g/mol. The van der Waals surface area contributed by atoms with E-state index in [1.807, 2.05) is 18.2 Å². The van der Waals surface area contributed by atoms with Crippen molar-refractivity contribution in [3.8, 4) is 11.1 Å². The Hall–Kier alpha value is -2.10. The van der Waals surface area contributed by atoms with Gasteiger partial charge < -0.3 is 0 Å². The smallest absolute Gasteiger partial charge is 0.207 e. The van der Waals surface area contributed by atoms with Gasteiger partial charge in [0.25, 0.3) is 0 Å². The Bertz CT molecular complexity index is 842. The third-order valence-corrected chi connectivity index (χ3v) is 6.04. The minimum atomic E-state index is -2.55. The second-order valence-electron chi connectivity index (χ2n) is 8.33. The van der Waals surface area contributed by atoms with Crippen molar-refractivity contribution in [1.82, 2.24) is 0 Å². The van der Waals surface area contributed by atoms with Crippen molar-refractivity contribution in [2.24, 2.45) is 0 Å². The van der Waals surface area contributed by atoms with Crippen molar-refractivity contribution in [2.45, 2.75) is 76.6 Å². The number of alkyl halides is 2. The molecule has 2 aromatic rings. The zero-order valence-electron chi connectivity index (χ0n) is 17.6. The lowest BCUT2D eigenvalue weighted by molar-refractivity contribution is -0.0382. The summed E-state index contributed by atoms with van der Waals surface area (Å²) in [5.74, 6) is -4.14. The lowest BCUT2D eigenvalue weighted by Crippen LogP contribution is -2.23. The van der Waals surface area contributed by atoms with Gasteiger partial charge in [0.15, 0.2) is 11.6 Å². The molecule has 0 amide bonds. The lowest BCUT2D eigenvalue weighted by Gasteiger charge is -2.28. The van der Waals surface area contributed by atoms with Crippen LogP contribution in [0.1, 0.15) is 81.8 Å². The van der Waals surface area contributed by atoms with E-state index in [2.05, 4.69) is 6.92 Å². The molecule has 0 aliphatic heterocycles. The maximum Gasteiger partial charge on any atom is 0.248 e. The predicted octanol–water partition coefficient (Wildman–Crippen LogP) is 8.91. The Labute approximate surface area is 177 Å². The van der Waals surface area contributed by atoms with Crippen LogP contribution in [0.25, 0.3) is 17.2 Å². The minimum Gasteiger partial charge on any atom is -0.207 e. The van der Waals surface area contributed by atoms with E-state index >= 15 is 0 Å². The molecule has 30 heavy (non-hydrogen) atoms. The van der Waals surface area contributed by atoms with Crippen LogP contribution >= 0.6 is 0 Å². The first-order valence-corrected chi connectivity index (χ1v) is 11.0. The molecule has 162 valence electrons. The van der Waals surface area contributed by atoms with Crippen molar-refractivity contribution in [1.29, 1.82) is 0 Å². The molecule has 4 heteroatoms. The Morgan fingerprint density at radius 2 is 1.60 bits per heavy atom. The van der Waals surface area contributed by atoms with Crippen LogP contribution in [0.4, 0.5) is 17.6 Å². The van der Waals surface area contributed by atoms with Crippen LogP contribution in [0.15, 0.2) is 42.5 Å². The van der Waals surface area contributed by atoms with Crippen molar-refractivity contribution in [3.05, 3.63) is 65.2 Å². The minimum absolute atomic E-state index is 0.0904. The first-order chi connectivity index (χ1) is 14.4. The van der Waals surface area contributed by atoms with Crippen LogP contribution in [0.5, 0.6) is 0 Å². The van der Waals surface area contributed by atoms with Crippen molar-refractivity contribution >= 4 is 6.08 Å². The fourth-order valence-electron chi connectivity index (χ4n) is 4.12. The molecule has 1 aliphatic rings. The summed E-state index contributed by atoms with van der Waals surface area (Å²) in [7, 11) is 0. The summed E-state index contributed by atoms with van der Waals surface area (Å²) < 4.78 is 55.9. The number of hydrogen-bond donors (Lipinski definition) is 0. The van der Waals surface area contributed by atoms with E-state index in [1.54, 1.807) is 30.3 Å². The molecule has 1 fully saturated rings. The highest BCUT2D eigenvalue weighted by atomic mass is 19.3. The third kappa shape index (κ3) is 5.74. The summed E-state index contributed by atoms with van der Waals surface area (Å²) in [4.78, 5) is 0. The van der Waals surface area contributed by atoms with E-state index in [9.17, 15) is 17.6 Å². The van der Waals surface area contributed by atoms with Gasteiger partial charge in [0.05, 0.1) is 0 Å². The maximum absolute atomic E-state index is 14.7. The number of rotatable bonds is 8. The molecule has 0 aromatic heterocycles. The Morgan fingerprint density at radius 3 is 2.27 bits per heavy atom. The number of benzene rings is 2. The molecular formula is C26H30F4. The van der Waals surface area contributed by atoms with Gasteiger partial charge in [-0.15, -0.1) is 0 Å².